The zero-order chi connectivity index (χ0) is 15.1. The Morgan fingerprint density at radius 3 is 2.57 bits per heavy atom. The van der Waals surface area contributed by atoms with E-state index in [2.05, 4.69) is 55.3 Å². The van der Waals surface area contributed by atoms with E-state index in [4.69, 9.17) is 0 Å². The molecule has 0 amide bonds. The highest BCUT2D eigenvalue weighted by Crippen LogP contribution is 2.26. The summed E-state index contributed by atoms with van der Waals surface area (Å²) in [5.41, 5.74) is 2.88. The molecule has 0 radical (unpaired) electrons. The molecule has 21 heavy (non-hydrogen) atoms. The second kappa shape index (κ2) is 8.55. The van der Waals surface area contributed by atoms with Gasteiger partial charge in [-0.25, -0.2) is 0 Å². The Labute approximate surface area is 130 Å². The normalized spacial score (nSPS) is 16.2. The highest BCUT2D eigenvalue weighted by molar-refractivity contribution is 5.23. The summed E-state index contributed by atoms with van der Waals surface area (Å²) in [6.07, 6.45) is 5.62. The average molecular weight is 288 g/mol. The second-order valence-corrected chi connectivity index (χ2v) is 6.86. The van der Waals surface area contributed by atoms with Gasteiger partial charge in [0.1, 0.15) is 0 Å². The molecule has 1 aliphatic rings. The van der Waals surface area contributed by atoms with Crippen LogP contribution in [-0.2, 0) is 13.1 Å². The standard InChI is InChI=1S/C19H32N2/c1-4-20-13-17-8-7-9-18(12-17)15-21(14-16(2)3)19-10-5-6-11-19/h7-9,12,16,19-20H,4-6,10-11,13-15H2,1-3H3. The Morgan fingerprint density at radius 2 is 1.90 bits per heavy atom. The second-order valence-electron chi connectivity index (χ2n) is 6.86. The van der Waals surface area contributed by atoms with E-state index in [0.717, 1.165) is 31.6 Å². The monoisotopic (exact) mass is 288 g/mol. The van der Waals surface area contributed by atoms with Gasteiger partial charge in [-0.1, -0.05) is 57.9 Å². The average Bonchev–Trinajstić information content (AvgIpc) is 2.98. The van der Waals surface area contributed by atoms with Crippen molar-refractivity contribution in [2.24, 2.45) is 5.92 Å². The van der Waals surface area contributed by atoms with Crippen LogP contribution in [0, 0.1) is 5.92 Å². The first kappa shape index (κ1) is 16.5. The number of benzene rings is 1. The molecule has 1 aliphatic carbocycles. The lowest BCUT2D eigenvalue weighted by Crippen LogP contribution is -2.35. The molecule has 0 unspecified atom stereocenters. The van der Waals surface area contributed by atoms with E-state index >= 15 is 0 Å². The van der Waals surface area contributed by atoms with Gasteiger partial charge in [-0.05, 0) is 36.4 Å². The molecule has 0 bridgehead atoms. The Balaban J connectivity index is 2.01. The zero-order valence-corrected chi connectivity index (χ0v) is 14.1. The molecular weight excluding hydrogens is 256 g/mol. The third-order valence-corrected chi connectivity index (χ3v) is 4.40. The van der Waals surface area contributed by atoms with Crippen LogP contribution in [0.4, 0.5) is 0 Å². The zero-order valence-electron chi connectivity index (χ0n) is 14.1. The SMILES string of the molecule is CCNCc1cccc(CN(CC(C)C)C2CCCC2)c1. The van der Waals surface area contributed by atoms with Gasteiger partial charge >= 0.3 is 0 Å². The van der Waals surface area contributed by atoms with Crippen LogP contribution in [0.3, 0.4) is 0 Å². The van der Waals surface area contributed by atoms with E-state index in [9.17, 15) is 0 Å². The molecule has 0 saturated heterocycles. The molecule has 2 heteroatoms. The lowest BCUT2D eigenvalue weighted by molar-refractivity contribution is 0.168. The summed E-state index contributed by atoms with van der Waals surface area (Å²) in [5.74, 6) is 0.746. The third-order valence-electron chi connectivity index (χ3n) is 4.40. The number of hydrogen-bond donors (Lipinski definition) is 1. The van der Waals surface area contributed by atoms with E-state index in [1.54, 1.807) is 0 Å². The van der Waals surface area contributed by atoms with Crippen LogP contribution in [0.5, 0.6) is 0 Å². The van der Waals surface area contributed by atoms with Crippen LogP contribution in [-0.4, -0.2) is 24.0 Å². The minimum absolute atomic E-state index is 0.746. The molecule has 118 valence electrons. The summed E-state index contributed by atoms with van der Waals surface area (Å²) >= 11 is 0. The summed E-state index contributed by atoms with van der Waals surface area (Å²) in [4.78, 5) is 2.73. The quantitative estimate of drug-likeness (QED) is 0.771. The summed E-state index contributed by atoms with van der Waals surface area (Å²) in [7, 11) is 0. The van der Waals surface area contributed by atoms with Gasteiger partial charge in [-0.2, -0.15) is 0 Å². The first-order chi connectivity index (χ1) is 10.2. The molecule has 1 fully saturated rings. The van der Waals surface area contributed by atoms with Gasteiger partial charge in [0, 0.05) is 25.7 Å². The maximum absolute atomic E-state index is 3.42. The molecule has 2 rings (SSSR count). The van der Waals surface area contributed by atoms with Crippen molar-refractivity contribution in [2.45, 2.75) is 65.6 Å². The van der Waals surface area contributed by atoms with E-state index in [1.165, 1.54) is 43.4 Å². The maximum atomic E-state index is 3.42. The van der Waals surface area contributed by atoms with E-state index in [1.807, 2.05) is 0 Å². The maximum Gasteiger partial charge on any atom is 0.0236 e. The van der Waals surface area contributed by atoms with Crippen molar-refractivity contribution in [2.75, 3.05) is 13.1 Å². The number of nitrogens with one attached hydrogen (secondary N) is 1. The molecule has 1 aromatic rings. The predicted molar refractivity (Wildman–Crippen MR) is 91.3 cm³/mol. The molecule has 0 atom stereocenters. The topological polar surface area (TPSA) is 15.3 Å². The van der Waals surface area contributed by atoms with Crippen LogP contribution in [0.2, 0.25) is 0 Å². The Hall–Kier alpha value is -0.860. The fraction of sp³-hybridized carbons (Fsp3) is 0.684. The van der Waals surface area contributed by atoms with Crippen molar-refractivity contribution >= 4 is 0 Å². The largest absolute Gasteiger partial charge is 0.313 e. The van der Waals surface area contributed by atoms with Crippen molar-refractivity contribution in [1.29, 1.82) is 0 Å². The smallest absolute Gasteiger partial charge is 0.0236 e. The number of nitrogens with zero attached hydrogens (tertiary/aromatic N) is 1. The molecular formula is C19H32N2. The van der Waals surface area contributed by atoms with Gasteiger partial charge in [0.15, 0.2) is 0 Å². The Morgan fingerprint density at radius 1 is 1.19 bits per heavy atom. The molecule has 0 spiro atoms. The third kappa shape index (κ3) is 5.44. The summed E-state index contributed by atoms with van der Waals surface area (Å²) in [6, 6.07) is 9.92. The molecule has 0 aliphatic heterocycles. The summed E-state index contributed by atoms with van der Waals surface area (Å²) < 4.78 is 0. The van der Waals surface area contributed by atoms with E-state index in [-0.39, 0.29) is 0 Å². The van der Waals surface area contributed by atoms with Gasteiger partial charge in [-0.15, -0.1) is 0 Å². The molecule has 1 N–H and O–H groups in total. The van der Waals surface area contributed by atoms with Crippen LogP contribution in [0.1, 0.15) is 57.6 Å². The van der Waals surface area contributed by atoms with Gasteiger partial charge in [0.25, 0.3) is 0 Å². The van der Waals surface area contributed by atoms with Crippen molar-refractivity contribution < 1.29 is 0 Å². The minimum atomic E-state index is 0.746. The first-order valence-electron chi connectivity index (χ1n) is 8.71. The molecule has 2 nitrogen and oxygen atoms in total. The van der Waals surface area contributed by atoms with Crippen LogP contribution in [0.15, 0.2) is 24.3 Å². The molecule has 1 aromatic carbocycles. The highest BCUT2D eigenvalue weighted by Gasteiger charge is 2.23. The minimum Gasteiger partial charge on any atom is -0.313 e. The number of hydrogen-bond acceptors (Lipinski definition) is 2. The van der Waals surface area contributed by atoms with Crippen molar-refractivity contribution in [3.8, 4) is 0 Å². The van der Waals surface area contributed by atoms with Crippen molar-refractivity contribution in [3.63, 3.8) is 0 Å². The highest BCUT2D eigenvalue weighted by atomic mass is 15.2. The fourth-order valence-corrected chi connectivity index (χ4v) is 3.42. The van der Waals surface area contributed by atoms with E-state index < -0.39 is 0 Å². The first-order valence-corrected chi connectivity index (χ1v) is 8.71. The van der Waals surface area contributed by atoms with Gasteiger partial charge in [0.05, 0.1) is 0 Å². The van der Waals surface area contributed by atoms with Crippen LogP contribution >= 0.6 is 0 Å². The predicted octanol–water partition coefficient (Wildman–Crippen LogP) is 4.20. The van der Waals surface area contributed by atoms with E-state index in [0.29, 0.717) is 0 Å². The lowest BCUT2D eigenvalue weighted by Gasteiger charge is -2.30. The summed E-state index contributed by atoms with van der Waals surface area (Å²) in [5, 5.41) is 3.42. The van der Waals surface area contributed by atoms with Gasteiger partial charge < -0.3 is 5.32 Å². The fourth-order valence-electron chi connectivity index (χ4n) is 3.42. The summed E-state index contributed by atoms with van der Waals surface area (Å²) in [6.45, 7) is 11.2. The van der Waals surface area contributed by atoms with Crippen LogP contribution < -0.4 is 5.32 Å². The van der Waals surface area contributed by atoms with Crippen molar-refractivity contribution in [3.05, 3.63) is 35.4 Å². The Kier molecular flexibility index (Phi) is 6.72. The molecule has 1 saturated carbocycles. The lowest BCUT2D eigenvalue weighted by atomic mass is 10.1. The van der Waals surface area contributed by atoms with Gasteiger partial charge in [0.2, 0.25) is 0 Å². The molecule has 0 aromatic heterocycles. The van der Waals surface area contributed by atoms with Crippen molar-refractivity contribution in [1.82, 2.24) is 10.2 Å². The number of rotatable bonds is 8. The molecule has 0 heterocycles. The van der Waals surface area contributed by atoms with Gasteiger partial charge in [-0.3, -0.25) is 4.90 Å². The van der Waals surface area contributed by atoms with Crippen LogP contribution in [0.25, 0.3) is 0 Å². The Bertz CT molecular complexity index is 408.